The van der Waals surface area contributed by atoms with Crippen molar-refractivity contribution in [3.63, 3.8) is 0 Å². The highest BCUT2D eigenvalue weighted by molar-refractivity contribution is 8.15. The number of aliphatic hydroxyl groups excluding tert-OH is 8. The molecule has 30 nitrogen and oxygen atoms in total. The van der Waals surface area contributed by atoms with Gasteiger partial charge in [0, 0.05) is 88.3 Å². The number of hydrogen-bond acceptors (Lipinski definition) is 23. The molecule has 548 valence electrons. The number of fused-ring (bicyclic) bond motifs is 2. The minimum Gasteiger partial charge on any atom is -0.504 e. The van der Waals surface area contributed by atoms with Gasteiger partial charge in [0.1, 0.15) is 36.3 Å². The van der Waals surface area contributed by atoms with Crippen LogP contribution in [0.5, 0.6) is 11.5 Å². The van der Waals surface area contributed by atoms with Crippen LogP contribution >= 0.6 is 11.2 Å². The monoisotopic (exact) mass is 1410 g/mol. The summed E-state index contributed by atoms with van der Waals surface area (Å²) >= 11 is -4.74. The fourth-order valence-corrected chi connectivity index (χ4v) is 15.4. The number of aliphatic hydroxyl groups is 8. The molecule has 3 aromatic rings. The SMILES string of the molecule is C[C@@H](O)[C@@H]1NC(=O)[C@@H](NC(=O)c2ccc(-c3ccc(N4CCN(C5CCC(C)(C6CCCCC6)CC5)CC4)cc3)cc2)C[C@@H](O)CNC(=O)[C@@H]2[C@@H](O)[C@@H](C)CN2C(=O)[C@H]([C@H](O)CCNC(CO)CO)NC(=O)[C@H]([C@H](O)Cc2ccc(O)c(OS(O)(O)O)c2)NC(=O)[C@@H]2C[C@@H](O)CN2C1=O. The lowest BCUT2D eigenvalue weighted by Gasteiger charge is -2.48. The van der Waals surface area contributed by atoms with E-state index in [1.807, 2.05) is 12.1 Å². The summed E-state index contributed by atoms with van der Waals surface area (Å²) in [5.74, 6) is -9.45. The summed E-state index contributed by atoms with van der Waals surface area (Å²) in [7, 11) is 0. The lowest BCUT2D eigenvalue weighted by atomic mass is 9.62. The van der Waals surface area contributed by atoms with Crippen molar-refractivity contribution in [2.75, 3.05) is 70.5 Å². The van der Waals surface area contributed by atoms with Crippen LogP contribution in [0.15, 0.2) is 66.7 Å². The predicted octanol–water partition coefficient (Wildman–Crippen LogP) is -0.491. The minimum atomic E-state index is -4.74. The first-order chi connectivity index (χ1) is 47.0. The van der Waals surface area contributed by atoms with Gasteiger partial charge in [-0.15, -0.1) is 0 Å². The molecule has 0 radical (unpaired) electrons. The molecule has 99 heavy (non-hydrogen) atoms. The summed E-state index contributed by atoms with van der Waals surface area (Å²) in [4.78, 5) is 109. The van der Waals surface area contributed by atoms with Gasteiger partial charge in [0.2, 0.25) is 35.4 Å². The lowest BCUT2D eigenvalue weighted by molar-refractivity contribution is -0.147. The number of phenols is 1. The third-order valence-corrected chi connectivity index (χ3v) is 21.4. The van der Waals surface area contributed by atoms with Crippen LogP contribution in [0, 0.1) is 17.3 Å². The zero-order valence-corrected chi connectivity index (χ0v) is 57.0. The molecule has 2 aliphatic carbocycles. The molecule has 4 heterocycles. The van der Waals surface area contributed by atoms with Gasteiger partial charge in [-0.1, -0.05) is 63.4 Å². The summed E-state index contributed by atoms with van der Waals surface area (Å²) in [6.45, 7) is 6.00. The Morgan fingerprint density at radius 2 is 1.32 bits per heavy atom. The Balaban J connectivity index is 0.948. The van der Waals surface area contributed by atoms with Gasteiger partial charge in [0.05, 0.1) is 55.9 Å². The highest BCUT2D eigenvalue weighted by Crippen LogP contribution is 2.49. The molecule has 4 saturated heterocycles. The number of benzene rings is 3. The van der Waals surface area contributed by atoms with Gasteiger partial charge < -0.3 is 96.7 Å². The van der Waals surface area contributed by atoms with Crippen LogP contribution in [0.1, 0.15) is 114 Å². The number of phenolic OH excluding ortho intramolecular Hbond substituents is 1. The molecule has 31 heteroatoms. The first-order valence-electron chi connectivity index (χ1n) is 34.4. The van der Waals surface area contributed by atoms with Crippen molar-refractivity contribution < 1.29 is 97.4 Å². The molecule has 9 rings (SSSR count). The predicted molar refractivity (Wildman–Crippen MR) is 362 cm³/mol. The molecular formula is C68H100N10O20S. The average molecular weight is 1410 g/mol. The fourth-order valence-electron chi connectivity index (χ4n) is 15.0. The molecule has 6 aliphatic rings. The van der Waals surface area contributed by atoms with Crippen molar-refractivity contribution in [1.82, 2.24) is 46.6 Å². The topological polar surface area (TPSA) is 457 Å². The van der Waals surface area contributed by atoms with E-state index in [0.717, 1.165) is 77.8 Å². The molecule has 6 fully saturated rings. The van der Waals surface area contributed by atoms with Crippen molar-refractivity contribution in [3.05, 3.63) is 77.9 Å². The largest absolute Gasteiger partial charge is 0.504 e. The summed E-state index contributed by atoms with van der Waals surface area (Å²) in [5.41, 5.74) is 3.23. The van der Waals surface area contributed by atoms with E-state index in [1.165, 1.54) is 82.9 Å². The van der Waals surface area contributed by atoms with E-state index < -0.39 is 201 Å². The molecule has 0 unspecified atom stereocenters. The van der Waals surface area contributed by atoms with Crippen molar-refractivity contribution >= 4 is 58.2 Å². The van der Waals surface area contributed by atoms with Gasteiger partial charge in [-0.3, -0.25) is 52.1 Å². The van der Waals surface area contributed by atoms with E-state index in [0.29, 0.717) is 11.5 Å². The van der Waals surface area contributed by atoms with Crippen LogP contribution in [0.2, 0.25) is 0 Å². The van der Waals surface area contributed by atoms with Crippen molar-refractivity contribution in [3.8, 4) is 22.6 Å². The average Bonchev–Trinajstić information content (AvgIpc) is 1.40. The van der Waals surface area contributed by atoms with Crippen LogP contribution in [0.25, 0.3) is 11.1 Å². The molecular weight excluding hydrogens is 1310 g/mol. The van der Waals surface area contributed by atoms with Crippen molar-refractivity contribution in [1.29, 1.82) is 0 Å². The number of anilines is 1. The van der Waals surface area contributed by atoms with Gasteiger partial charge in [-0.05, 0) is 123 Å². The highest BCUT2D eigenvalue weighted by atomic mass is 32.3. The lowest BCUT2D eigenvalue weighted by Crippen LogP contribution is -2.64. The number of piperazine rings is 1. The molecule has 0 bridgehead atoms. The van der Waals surface area contributed by atoms with Crippen LogP contribution in [0.4, 0.5) is 5.69 Å². The minimum absolute atomic E-state index is 0.0549. The number of β-amino-alcohol motifs (C(OH)–C–C–N with tert-alkyl or cyclic N) is 1. The molecule has 2 saturated carbocycles. The fraction of sp³-hybridized carbons (Fsp3) is 0.632. The normalized spacial score (nSPS) is 29.7. The molecule has 13 atom stereocenters. The molecule has 18 N–H and O–H groups in total. The smallest absolute Gasteiger partial charge is 0.266 e. The molecule has 0 spiro atoms. The van der Waals surface area contributed by atoms with Crippen LogP contribution in [-0.4, -0.2) is 266 Å². The first-order valence-corrected chi connectivity index (χ1v) is 35.8. The van der Waals surface area contributed by atoms with Crippen molar-refractivity contribution in [2.45, 2.75) is 189 Å². The highest BCUT2D eigenvalue weighted by Gasteiger charge is 2.50. The Labute approximate surface area is 577 Å². The Bertz CT molecular complexity index is 3250. The number of hydrogen-bond donors (Lipinski definition) is 18. The summed E-state index contributed by atoms with van der Waals surface area (Å²) < 4.78 is 33.4. The summed E-state index contributed by atoms with van der Waals surface area (Å²) in [6.07, 6.45) is -0.915. The van der Waals surface area contributed by atoms with Crippen LogP contribution in [0.3, 0.4) is 0 Å². The maximum Gasteiger partial charge on any atom is 0.266 e. The van der Waals surface area contributed by atoms with Crippen molar-refractivity contribution in [2.24, 2.45) is 17.3 Å². The maximum atomic E-state index is 15.0. The number of aromatic hydroxyl groups is 1. The quantitative estimate of drug-likeness (QED) is 0.0720. The Hall–Kier alpha value is -6.82. The van der Waals surface area contributed by atoms with Gasteiger partial charge in [-0.25, -0.2) is 0 Å². The molecule has 3 aromatic carbocycles. The Kier molecular flexibility index (Phi) is 26.0. The van der Waals surface area contributed by atoms with Gasteiger partial charge in [0.25, 0.3) is 17.1 Å². The number of amides is 7. The number of carbonyl (C=O) groups is 7. The number of nitrogens with zero attached hydrogens (tertiary/aromatic N) is 4. The van der Waals surface area contributed by atoms with E-state index in [2.05, 4.69) is 64.9 Å². The third kappa shape index (κ3) is 19.2. The van der Waals surface area contributed by atoms with E-state index >= 15 is 0 Å². The third-order valence-electron chi connectivity index (χ3n) is 21.0. The van der Waals surface area contributed by atoms with Gasteiger partial charge >= 0.3 is 0 Å². The van der Waals surface area contributed by atoms with Crippen LogP contribution < -0.4 is 41.0 Å². The number of carbonyl (C=O) groups excluding carboxylic acids is 7. The van der Waals surface area contributed by atoms with Gasteiger partial charge in [0.15, 0.2) is 11.5 Å². The number of nitrogens with one attached hydrogen (secondary N) is 6. The molecule has 4 aliphatic heterocycles. The molecule has 0 aromatic heterocycles. The molecule has 7 amide bonds. The maximum absolute atomic E-state index is 15.0. The standard InChI is InChI=1S/C68H100N10O20S/c1-38-34-78-59(60(38)87)65(92)70-33-48(82)31-50(71-61(88)43-12-10-41(11-13-43)42-14-16-46(17-15-42)75-25-27-76(28-26-75)47-19-22-68(3,23-20-47)44-7-5-4-6-8-44)62(89)72-56(39(2)81)66(93)77-35-49(83)32-51(77)63(90)73-57(54(86)29-40-9-18-52(84)55(30-40)98-99(95,96)97)64(91)74-58(67(78)94)53(85)21-24-69-45(36-79)37-80/h9-18,30,38-39,44-45,47-51,53-54,56-60,69,79-87,95-97H,4-8,19-29,31-37H2,1-3H3,(H,70,92)(H,71,88)(H,72,89)(H,73,90)(H,74,91)/t38-,39+,47?,48+,49+,50-,51-,53+,54+,56-,57-,58-,59-,60-,68?/m0/s1. The Morgan fingerprint density at radius 3 is 1.95 bits per heavy atom. The Morgan fingerprint density at radius 1 is 0.707 bits per heavy atom. The van der Waals surface area contributed by atoms with E-state index in [1.54, 1.807) is 12.1 Å². The zero-order chi connectivity index (χ0) is 71.6. The van der Waals surface area contributed by atoms with Gasteiger partial charge in [-0.2, -0.15) is 0 Å². The van der Waals surface area contributed by atoms with Crippen LogP contribution in [-0.2, 0) is 35.2 Å². The van der Waals surface area contributed by atoms with E-state index in [9.17, 15) is 93.2 Å². The second-order valence-electron chi connectivity index (χ2n) is 28.0. The van der Waals surface area contributed by atoms with E-state index in [-0.39, 0.29) is 24.2 Å². The number of rotatable bonds is 19. The summed E-state index contributed by atoms with van der Waals surface area (Å²) in [6, 6.07) is 5.93. The second kappa shape index (κ2) is 33.8. The van der Waals surface area contributed by atoms with E-state index in [4.69, 9.17) is 0 Å². The zero-order valence-electron chi connectivity index (χ0n) is 56.2. The summed E-state index contributed by atoms with van der Waals surface area (Å²) in [5, 5.41) is 114. The second-order valence-corrected chi connectivity index (χ2v) is 29.1. The first kappa shape index (κ1) is 76.4.